The van der Waals surface area contributed by atoms with Crippen molar-refractivity contribution in [3.05, 3.63) is 0 Å². The monoisotopic (exact) mass is 167 g/mol. The highest BCUT2D eigenvalue weighted by molar-refractivity contribution is 7.57. The first-order chi connectivity index (χ1) is 4.52. The van der Waals surface area contributed by atoms with E-state index in [9.17, 15) is 14.3 Å². The van der Waals surface area contributed by atoms with E-state index in [0.717, 1.165) is 7.11 Å². The van der Waals surface area contributed by atoms with Crippen molar-refractivity contribution in [1.29, 1.82) is 0 Å². The van der Waals surface area contributed by atoms with E-state index in [-0.39, 0.29) is 0 Å². The molecule has 0 aromatic heterocycles. The van der Waals surface area contributed by atoms with Gasteiger partial charge < -0.3 is 19.3 Å². The summed E-state index contributed by atoms with van der Waals surface area (Å²) < 4.78 is 14.5. The van der Waals surface area contributed by atoms with Crippen LogP contribution in [0.3, 0.4) is 0 Å². The van der Waals surface area contributed by atoms with Gasteiger partial charge in [0, 0.05) is 0 Å². The molecule has 0 rings (SSSR count). The summed E-state index contributed by atoms with van der Waals surface area (Å²) in [7, 11) is -2.83. The molecule has 6 heteroatoms. The molecule has 1 N–H and O–H groups in total. The Morgan fingerprint density at radius 3 is 2.60 bits per heavy atom. The summed E-state index contributed by atoms with van der Waals surface area (Å²) in [6.07, 6.45) is -1.73. The molecule has 0 saturated carbocycles. The van der Waals surface area contributed by atoms with Gasteiger partial charge in [-0.1, -0.05) is 0 Å². The molecule has 1 atom stereocenters. The largest absolute Gasteiger partial charge is 0.797 e. The van der Waals surface area contributed by atoms with Crippen molar-refractivity contribution in [1.82, 2.24) is 0 Å². The van der Waals surface area contributed by atoms with Crippen molar-refractivity contribution in [2.45, 2.75) is 0 Å². The summed E-state index contributed by atoms with van der Waals surface area (Å²) in [5.74, 6) is -0.854. The fraction of sp³-hybridized carbons (Fsp3) is 0.750. The van der Waals surface area contributed by atoms with Gasteiger partial charge in [0.2, 0.25) is 0 Å². The van der Waals surface area contributed by atoms with Gasteiger partial charge in [-0.15, -0.1) is 0 Å². The van der Waals surface area contributed by atoms with Crippen LogP contribution in [0.4, 0.5) is 0 Å². The number of esters is 1. The molecule has 0 aromatic rings. The van der Waals surface area contributed by atoms with Crippen molar-refractivity contribution < 1.29 is 24.1 Å². The highest BCUT2D eigenvalue weighted by Gasteiger charge is 2.11. The number of aliphatic hydroxyl groups is 1. The van der Waals surface area contributed by atoms with Crippen molar-refractivity contribution >= 4 is 13.3 Å². The number of hydrogen-bond acceptors (Lipinski definition) is 5. The Morgan fingerprint density at radius 1 is 1.80 bits per heavy atom. The summed E-state index contributed by atoms with van der Waals surface area (Å²) >= 11 is 0. The van der Waals surface area contributed by atoms with E-state index in [4.69, 9.17) is 5.11 Å². The second kappa shape index (κ2) is 3.71. The molecule has 0 bridgehead atoms. The van der Waals surface area contributed by atoms with Gasteiger partial charge >= 0.3 is 5.97 Å². The summed E-state index contributed by atoms with van der Waals surface area (Å²) in [5, 5.41) is 8.16. The second-order valence-corrected chi connectivity index (χ2v) is 3.92. The predicted octanol–water partition coefficient (Wildman–Crippen LogP) is -1.25. The molecule has 0 aliphatic carbocycles. The van der Waals surface area contributed by atoms with Gasteiger partial charge in [0.25, 0.3) is 0 Å². The first kappa shape index (κ1) is 9.62. The third-order valence-corrected chi connectivity index (χ3v) is 1.98. The second-order valence-electron chi connectivity index (χ2n) is 1.69. The normalized spacial score (nSPS) is 15.9. The Kier molecular flexibility index (Phi) is 3.57. The van der Waals surface area contributed by atoms with E-state index >= 15 is 0 Å². The molecule has 0 aromatic carbocycles. The molecule has 10 heavy (non-hydrogen) atoms. The van der Waals surface area contributed by atoms with Crippen LogP contribution in [0.1, 0.15) is 0 Å². The molecular weight excluding hydrogens is 159 g/mol. The molecule has 0 aliphatic rings. The van der Waals surface area contributed by atoms with Crippen LogP contribution in [-0.4, -0.2) is 30.7 Å². The molecule has 0 fully saturated rings. The van der Waals surface area contributed by atoms with Gasteiger partial charge in [-0.2, -0.15) is 0 Å². The number of rotatable bonds is 3. The minimum Gasteiger partial charge on any atom is -0.797 e. The Balaban J connectivity index is 3.89. The third kappa shape index (κ3) is 3.61. The van der Waals surface area contributed by atoms with Crippen LogP contribution in [0.15, 0.2) is 0 Å². The molecule has 60 valence electrons. The summed E-state index contributed by atoms with van der Waals surface area (Å²) in [4.78, 5) is 20.7. The molecule has 5 nitrogen and oxygen atoms in total. The van der Waals surface area contributed by atoms with Gasteiger partial charge in [0.15, 0.2) is 0 Å². The lowest BCUT2D eigenvalue weighted by Crippen LogP contribution is -2.16. The number of carbonyl (C=O) groups excluding carboxylic acids is 1. The van der Waals surface area contributed by atoms with Gasteiger partial charge in [0.1, 0.15) is 0 Å². The van der Waals surface area contributed by atoms with Crippen LogP contribution >= 0.6 is 7.37 Å². The lowest BCUT2D eigenvalue weighted by atomic mass is 10.8. The molecule has 0 heterocycles. The number of hydrogen-bond donors (Lipinski definition) is 1. The Hall–Kier alpha value is -0.380. The minimum atomic E-state index is -3.92. The summed E-state index contributed by atoms with van der Waals surface area (Å²) in [6, 6.07) is 0. The quantitative estimate of drug-likeness (QED) is 0.419. The topological polar surface area (TPSA) is 86.7 Å². The van der Waals surface area contributed by atoms with E-state index in [1.54, 1.807) is 0 Å². The number of carbonyl (C=O) groups is 1. The maximum atomic E-state index is 10.4. The highest BCUT2D eigenvalue weighted by atomic mass is 31.2. The van der Waals surface area contributed by atoms with Crippen LogP contribution in [0.2, 0.25) is 0 Å². The zero-order chi connectivity index (χ0) is 8.20. The fourth-order valence-corrected chi connectivity index (χ4v) is 0.934. The summed E-state index contributed by atoms with van der Waals surface area (Å²) in [6.45, 7) is 0. The fourth-order valence-electron chi connectivity index (χ4n) is 0.311. The Labute approximate surface area is 58.1 Å². The van der Waals surface area contributed by atoms with E-state index in [1.165, 1.54) is 0 Å². The minimum absolute atomic E-state index is 0.736. The molecule has 0 amide bonds. The van der Waals surface area contributed by atoms with Crippen LogP contribution in [0.5, 0.6) is 0 Å². The van der Waals surface area contributed by atoms with Gasteiger partial charge in [-0.25, -0.2) is 0 Å². The van der Waals surface area contributed by atoms with Gasteiger partial charge in [-0.05, 0) is 0 Å². The van der Waals surface area contributed by atoms with Crippen LogP contribution in [0.25, 0.3) is 0 Å². The first-order valence-electron chi connectivity index (χ1n) is 2.48. The molecule has 0 aliphatic heterocycles. The van der Waals surface area contributed by atoms with Crippen molar-refractivity contribution in [2.75, 3.05) is 19.6 Å². The molecular formula is C4H8O5P-. The van der Waals surface area contributed by atoms with Gasteiger partial charge in [-0.3, -0.25) is 4.79 Å². The lowest BCUT2D eigenvalue weighted by Gasteiger charge is -2.17. The van der Waals surface area contributed by atoms with Gasteiger partial charge in [0.05, 0.1) is 27.0 Å². The molecule has 0 radical (unpaired) electrons. The first-order valence-corrected chi connectivity index (χ1v) is 4.48. The Morgan fingerprint density at radius 2 is 2.30 bits per heavy atom. The molecule has 0 saturated heterocycles. The average Bonchev–Trinajstić information content (AvgIpc) is 1.87. The molecule has 1 unspecified atom stereocenters. The van der Waals surface area contributed by atoms with Crippen LogP contribution in [-0.2, 0) is 14.1 Å². The van der Waals surface area contributed by atoms with Crippen molar-refractivity contribution in [3.8, 4) is 0 Å². The standard InChI is InChI=1S/C4H9O5P/c1-9-4(6)2-10(7,8)3-5/h5H,2-3H2,1H3,(H,7,8)/p-1. The zero-order valence-corrected chi connectivity index (χ0v) is 6.34. The summed E-state index contributed by atoms with van der Waals surface area (Å²) in [5.41, 5.74) is 0. The predicted molar refractivity (Wildman–Crippen MR) is 31.6 cm³/mol. The van der Waals surface area contributed by atoms with E-state index in [0.29, 0.717) is 0 Å². The van der Waals surface area contributed by atoms with E-state index in [1.807, 2.05) is 0 Å². The zero-order valence-electron chi connectivity index (χ0n) is 5.44. The van der Waals surface area contributed by atoms with E-state index < -0.39 is 25.8 Å². The number of aliphatic hydroxyl groups excluding tert-OH is 1. The molecule has 0 spiro atoms. The SMILES string of the molecule is COC(=O)CP(=O)([O-])CO. The number of ether oxygens (including phenoxy) is 1. The Bertz CT molecular complexity index is 165. The van der Waals surface area contributed by atoms with Crippen molar-refractivity contribution in [3.63, 3.8) is 0 Å². The highest BCUT2D eigenvalue weighted by Crippen LogP contribution is 2.32. The maximum Gasteiger partial charge on any atom is 0.311 e. The van der Waals surface area contributed by atoms with E-state index in [2.05, 4.69) is 4.74 Å². The average molecular weight is 167 g/mol. The van der Waals surface area contributed by atoms with Crippen LogP contribution < -0.4 is 4.89 Å². The van der Waals surface area contributed by atoms with Crippen LogP contribution in [0, 0.1) is 0 Å². The maximum absolute atomic E-state index is 10.4. The number of methoxy groups -OCH3 is 1. The smallest absolute Gasteiger partial charge is 0.311 e. The lowest BCUT2D eigenvalue weighted by molar-refractivity contribution is -0.179. The third-order valence-electron chi connectivity index (χ3n) is 0.813. The van der Waals surface area contributed by atoms with Crippen molar-refractivity contribution in [2.24, 2.45) is 0 Å².